The summed E-state index contributed by atoms with van der Waals surface area (Å²) in [6.07, 6.45) is 0. The Labute approximate surface area is 134 Å². The highest BCUT2D eigenvalue weighted by Crippen LogP contribution is 2.23. The van der Waals surface area contributed by atoms with Crippen LogP contribution in [0.5, 0.6) is 5.75 Å². The number of carbonyl (C=O) groups is 1. The fourth-order valence-corrected chi connectivity index (χ4v) is 2.37. The first kappa shape index (κ1) is 14.8. The van der Waals surface area contributed by atoms with Gasteiger partial charge >= 0.3 is 0 Å². The summed E-state index contributed by atoms with van der Waals surface area (Å²) in [7, 11) is 1.60. The SMILES string of the molecule is C=C(C(=O)c1ccc2cccc(N)c2n1)c1ccc(OC)cc1. The average molecular weight is 304 g/mol. The van der Waals surface area contributed by atoms with Gasteiger partial charge in [-0.2, -0.15) is 0 Å². The lowest BCUT2D eigenvalue weighted by atomic mass is 10.0. The minimum Gasteiger partial charge on any atom is -0.497 e. The van der Waals surface area contributed by atoms with E-state index in [1.54, 1.807) is 43.5 Å². The number of aromatic nitrogens is 1. The predicted octanol–water partition coefficient (Wildman–Crippen LogP) is 3.72. The van der Waals surface area contributed by atoms with Gasteiger partial charge in [-0.3, -0.25) is 4.79 Å². The third-order valence-corrected chi connectivity index (χ3v) is 3.70. The topological polar surface area (TPSA) is 65.2 Å². The van der Waals surface area contributed by atoms with Crippen LogP contribution in [0.3, 0.4) is 0 Å². The van der Waals surface area contributed by atoms with Crippen LogP contribution in [0.25, 0.3) is 16.5 Å². The molecule has 23 heavy (non-hydrogen) atoms. The molecule has 0 aliphatic carbocycles. The summed E-state index contributed by atoms with van der Waals surface area (Å²) in [6.45, 7) is 3.90. The van der Waals surface area contributed by atoms with Crippen molar-refractivity contribution in [1.82, 2.24) is 4.98 Å². The molecule has 4 nitrogen and oxygen atoms in total. The zero-order chi connectivity index (χ0) is 16.4. The Morgan fingerprint density at radius 3 is 2.52 bits per heavy atom. The maximum atomic E-state index is 12.6. The summed E-state index contributed by atoms with van der Waals surface area (Å²) in [5.74, 6) is 0.505. The number of pyridine rings is 1. The largest absolute Gasteiger partial charge is 0.497 e. The Bertz CT molecular complexity index is 899. The van der Waals surface area contributed by atoms with Gasteiger partial charge in [-0.1, -0.05) is 36.9 Å². The van der Waals surface area contributed by atoms with Gasteiger partial charge < -0.3 is 10.5 Å². The van der Waals surface area contributed by atoms with Crippen molar-refractivity contribution in [2.75, 3.05) is 12.8 Å². The van der Waals surface area contributed by atoms with Crippen LogP contribution in [0.4, 0.5) is 5.69 Å². The second-order valence-corrected chi connectivity index (χ2v) is 5.15. The van der Waals surface area contributed by atoms with Gasteiger partial charge in [0, 0.05) is 11.0 Å². The van der Waals surface area contributed by atoms with E-state index >= 15 is 0 Å². The first-order chi connectivity index (χ1) is 11.1. The van der Waals surface area contributed by atoms with E-state index in [4.69, 9.17) is 10.5 Å². The van der Waals surface area contributed by atoms with Crippen LogP contribution >= 0.6 is 0 Å². The molecule has 0 aliphatic heterocycles. The standard InChI is InChI=1S/C19H16N2O2/c1-12(13-6-9-15(23-2)10-7-13)19(22)17-11-8-14-4-3-5-16(20)18(14)21-17/h3-11H,1,20H2,2H3. The molecule has 0 spiro atoms. The lowest BCUT2D eigenvalue weighted by molar-refractivity contribution is 0.105. The highest BCUT2D eigenvalue weighted by molar-refractivity contribution is 6.27. The molecule has 0 unspecified atom stereocenters. The first-order valence-corrected chi connectivity index (χ1v) is 7.13. The van der Waals surface area contributed by atoms with Crippen molar-refractivity contribution in [3.8, 4) is 5.75 Å². The molecule has 3 aromatic rings. The van der Waals surface area contributed by atoms with Crippen molar-refractivity contribution in [2.45, 2.75) is 0 Å². The maximum absolute atomic E-state index is 12.6. The van der Waals surface area contributed by atoms with Crippen LogP contribution in [0.2, 0.25) is 0 Å². The Morgan fingerprint density at radius 2 is 1.83 bits per heavy atom. The number of benzene rings is 2. The number of rotatable bonds is 4. The van der Waals surface area contributed by atoms with Crippen LogP contribution in [0, 0.1) is 0 Å². The van der Waals surface area contributed by atoms with Crippen LogP contribution < -0.4 is 10.5 Å². The highest BCUT2D eigenvalue weighted by Gasteiger charge is 2.15. The fourth-order valence-electron chi connectivity index (χ4n) is 2.37. The molecule has 1 heterocycles. The minimum absolute atomic E-state index is 0.222. The molecule has 0 aliphatic rings. The Balaban J connectivity index is 1.95. The van der Waals surface area contributed by atoms with Crippen LogP contribution in [0.1, 0.15) is 16.1 Å². The molecule has 0 radical (unpaired) electrons. The number of carbonyl (C=O) groups excluding carboxylic acids is 1. The molecular formula is C19H16N2O2. The van der Waals surface area contributed by atoms with E-state index in [0.717, 1.165) is 16.7 Å². The third kappa shape index (κ3) is 2.79. The molecule has 2 aromatic carbocycles. The van der Waals surface area contributed by atoms with E-state index in [-0.39, 0.29) is 5.78 Å². The second kappa shape index (κ2) is 5.93. The molecular weight excluding hydrogens is 288 g/mol. The Hall–Kier alpha value is -3.14. The molecule has 2 N–H and O–H groups in total. The number of nitrogens with zero attached hydrogens (tertiary/aromatic N) is 1. The summed E-state index contributed by atoms with van der Waals surface area (Å²) < 4.78 is 5.11. The Kier molecular flexibility index (Phi) is 3.81. The molecule has 0 bridgehead atoms. The molecule has 114 valence electrons. The third-order valence-electron chi connectivity index (χ3n) is 3.70. The normalized spacial score (nSPS) is 10.5. The van der Waals surface area contributed by atoms with Gasteiger partial charge in [0.1, 0.15) is 11.4 Å². The fraction of sp³-hybridized carbons (Fsp3) is 0.0526. The van der Waals surface area contributed by atoms with Gasteiger partial charge in [-0.05, 0) is 29.8 Å². The van der Waals surface area contributed by atoms with E-state index < -0.39 is 0 Å². The number of ketones is 1. The van der Waals surface area contributed by atoms with Gasteiger partial charge in [-0.15, -0.1) is 0 Å². The number of fused-ring (bicyclic) bond motifs is 1. The van der Waals surface area contributed by atoms with Gasteiger partial charge in [-0.25, -0.2) is 4.98 Å². The molecule has 0 amide bonds. The summed E-state index contributed by atoms with van der Waals surface area (Å²) in [4.78, 5) is 17.0. The van der Waals surface area contributed by atoms with Crippen LogP contribution in [0.15, 0.2) is 61.2 Å². The molecule has 0 fully saturated rings. The van der Waals surface area contributed by atoms with E-state index in [2.05, 4.69) is 11.6 Å². The van der Waals surface area contributed by atoms with E-state index in [9.17, 15) is 4.79 Å². The second-order valence-electron chi connectivity index (χ2n) is 5.15. The number of hydrogen-bond donors (Lipinski definition) is 1. The quantitative estimate of drug-likeness (QED) is 0.453. The lowest BCUT2D eigenvalue weighted by Gasteiger charge is -2.08. The summed E-state index contributed by atoms with van der Waals surface area (Å²) >= 11 is 0. The van der Waals surface area contributed by atoms with Gasteiger partial charge in [0.2, 0.25) is 5.78 Å². The maximum Gasteiger partial charge on any atom is 0.211 e. The highest BCUT2D eigenvalue weighted by atomic mass is 16.5. The number of hydrogen-bond acceptors (Lipinski definition) is 4. The average Bonchev–Trinajstić information content (AvgIpc) is 2.60. The van der Waals surface area contributed by atoms with Crippen molar-refractivity contribution in [2.24, 2.45) is 0 Å². The zero-order valence-electron chi connectivity index (χ0n) is 12.7. The number of nitrogens with two attached hydrogens (primary N) is 1. The molecule has 3 rings (SSSR count). The number of anilines is 1. The van der Waals surface area contributed by atoms with E-state index in [0.29, 0.717) is 22.5 Å². The number of methoxy groups -OCH3 is 1. The van der Waals surface area contributed by atoms with Crippen molar-refractivity contribution in [3.63, 3.8) is 0 Å². The predicted molar refractivity (Wildman–Crippen MR) is 92.5 cm³/mol. The molecule has 4 heteroatoms. The van der Waals surface area contributed by atoms with E-state index in [1.807, 2.05) is 18.2 Å². The molecule has 0 saturated heterocycles. The van der Waals surface area contributed by atoms with Crippen molar-refractivity contribution >= 4 is 27.9 Å². The number of Topliss-reactive ketones (excluding diaryl/α,β-unsaturated/α-hetero) is 1. The van der Waals surface area contributed by atoms with E-state index in [1.165, 1.54) is 0 Å². The molecule has 1 aromatic heterocycles. The number of para-hydroxylation sites is 1. The lowest BCUT2D eigenvalue weighted by Crippen LogP contribution is -2.05. The van der Waals surface area contributed by atoms with Gasteiger partial charge in [0.05, 0.1) is 18.3 Å². The summed E-state index contributed by atoms with van der Waals surface area (Å²) in [6, 6.07) is 16.2. The first-order valence-electron chi connectivity index (χ1n) is 7.13. The Morgan fingerprint density at radius 1 is 1.09 bits per heavy atom. The van der Waals surface area contributed by atoms with Crippen LogP contribution in [-0.2, 0) is 0 Å². The summed E-state index contributed by atoms with van der Waals surface area (Å²) in [5, 5.41) is 0.900. The minimum atomic E-state index is -0.222. The summed E-state index contributed by atoms with van der Waals surface area (Å²) in [5.41, 5.74) is 8.56. The van der Waals surface area contributed by atoms with Gasteiger partial charge in [0.15, 0.2) is 0 Å². The molecule has 0 saturated carbocycles. The zero-order valence-corrected chi connectivity index (χ0v) is 12.7. The van der Waals surface area contributed by atoms with Crippen LogP contribution in [-0.4, -0.2) is 17.9 Å². The monoisotopic (exact) mass is 304 g/mol. The van der Waals surface area contributed by atoms with Gasteiger partial charge in [0.25, 0.3) is 0 Å². The number of allylic oxidation sites excluding steroid dienone is 1. The smallest absolute Gasteiger partial charge is 0.211 e. The van der Waals surface area contributed by atoms with Crippen molar-refractivity contribution in [3.05, 3.63) is 72.4 Å². The number of ether oxygens (including phenoxy) is 1. The van der Waals surface area contributed by atoms with Crippen molar-refractivity contribution < 1.29 is 9.53 Å². The molecule has 0 atom stereocenters. The van der Waals surface area contributed by atoms with Crippen molar-refractivity contribution in [1.29, 1.82) is 0 Å². The number of nitrogen functional groups attached to an aromatic ring is 1.